The van der Waals surface area contributed by atoms with Crippen LogP contribution in [0, 0.1) is 5.82 Å². The minimum Gasteiger partial charge on any atom is -0.238 e. The predicted octanol–water partition coefficient (Wildman–Crippen LogP) is 1.97. The van der Waals surface area contributed by atoms with E-state index in [0.29, 0.717) is 6.42 Å². The van der Waals surface area contributed by atoms with E-state index in [0.717, 1.165) is 6.33 Å². The zero-order chi connectivity index (χ0) is 13.1. The van der Waals surface area contributed by atoms with E-state index in [-0.39, 0.29) is 18.0 Å². The fraction of sp³-hybridized carbons (Fsp3) is 0.600. The van der Waals surface area contributed by atoms with Crippen molar-refractivity contribution in [2.24, 2.45) is 0 Å². The molecule has 0 radical (unpaired) electrons. The SMILES string of the molecule is CCc1ncnc(S(=O)(=O)C(C)CCCl)c1F. The number of nitrogens with zero attached hydrogens (tertiary/aromatic N) is 2. The van der Waals surface area contributed by atoms with Crippen molar-refractivity contribution < 1.29 is 12.8 Å². The number of sulfone groups is 1. The summed E-state index contributed by atoms with van der Waals surface area (Å²) >= 11 is 5.50. The maximum Gasteiger partial charge on any atom is 0.201 e. The second-order valence-electron chi connectivity index (χ2n) is 3.63. The van der Waals surface area contributed by atoms with Crippen LogP contribution in [0.15, 0.2) is 11.4 Å². The van der Waals surface area contributed by atoms with Gasteiger partial charge < -0.3 is 0 Å². The van der Waals surface area contributed by atoms with Crippen molar-refractivity contribution in [3.05, 3.63) is 17.8 Å². The molecule has 4 nitrogen and oxygen atoms in total. The second-order valence-corrected chi connectivity index (χ2v) is 6.29. The molecule has 7 heteroatoms. The standard InChI is InChI=1S/C10H14ClFN2O2S/c1-3-8-9(12)10(14-6-13-8)17(15,16)7(2)4-5-11/h6-7H,3-5H2,1-2H3. The smallest absolute Gasteiger partial charge is 0.201 e. The number of hydrogen-bond donors (Lipinski definition) is 0. The molecule has 0 saturated carbocycles. The van der Waals surface area contributed by atoms with Gasteiger partial charge in [0.2, 0.25) is 9.84 Å². The zero-order valence-electron chi connectivity index (χ0n) is 9.65. The zero-order valence-corrected chi connectivity index (χ0v) is 11.2. The van der Waals surface area contributed by atoms with Crippen LogP contribution >= 0.6 is 11.6 Å². The average Bonchev–Trinajstić information content (AvgIpc) is 2.29. The van der Waals surface area contributed by atoms with Crippen LogP contribution in [0.1, 0.15) is 26.0 Å². The molecule has 0 fully saturated rings. The number of aromatic nitrogens is 2. The summed E-state index contributed by atoms with van der Waals surface area (Å²) in [5.74, 6) is -0.648. The molecule has 0 aliphatic carbocycles. The molecule has 0 N–H and O–H groups in total. The van der Waals surface area contributed by atoms with E-state index in [4.69, 9.17) is 11.6 Å². The number of halogens is 2. The molecule has 1 unspecified atom stereocenters. The lowest BCUT2D eigenvalue weighted by molar-refractivity contribution is 0.529. The Morgan fingerprint density at radius 1 is 1.47 bits per heavy atom. The van der Waals surface area contributed by atoms with Gasteiger partial charge in [0.1, 0.15) is 6.33 Å². The highest BCUT2D eigenvalue weighted by atomic mass is 35.5. The molecular formula is C10H14ClFN2O2S. The molecule has 0 bridgehead atoms. The van der Waals surface area contributed by atoms with Crippen LogP contribution in [-0.4, -0.2) is 29.5 Å². The maximum absolute atomic E-state index is 13.8. The van der Waals surface area contributed by atoms with Crippen molar-refractivity contribution in [2.75, 3.05) is 5.88 Å². The molecule has 1 atom stereocenters. The summed E-state index contributed by atoms with van der Waals surface area (Å²) in [6, 6.07) is 0. The lowest BCUT2D eigenvalue weighted by atomic mass is 10.3. The molecule has 1 aromatic heterocycles. The molecule has 0 saturated heterocycles. The van der Waals surface area contributed by atoms with Gasteiger partial charge in [0.05, 0.1) is 10.9 Å². The first kappa shape index (κ1) is 14.3. The molecule has 0 aromatic carbocycles. The summed E-state index contributed by atoms with van der Waals surface area (Å²) in [6.45, 7) is 3.19. The highest BCUT2D eigenvalue weighted by Gasteiger charge is 2.29. The number of hydrogen-bond acceptors (Lipinski definition) is 4. The Bertz CT molecular complexity index is 493. The molecule has 0 aliphatic heterocycles. The molecular weight excluding hydrogens is 267 g/mol. The van der Waals surface area contributed by atoms with E-state index in [1.165, 1.54) is 6.92 Å². The molecule has 1 aromatic rings. The van der Waals surface area contributed by atoms with Crippen molar-refractivity contribution in [2.45, 2.75) is 37.0 Å². The van der Waals surface area contributed by atoms with Gasteiger partial charge in [-0.05, 0) is 19.8 Å². The van der Waals surface area contributed by atoms with Crippen molar-refractivity contribution in [1.82, 2.24) is 9.97 Å². The molecule has 1 heterocycles. The van der Waals surface area contributed by atoms with Crippen molar-refractivity contribution >= 4 is 21.4 Å². The van der Waals surface area contributed by atoms with E-state index < -0.39 is 25.9 Å². The monoisotopic (exact) mass is 280 g/mol. The van der Waals surface area contributed by atoms with Crippen LogP contribution in [-0.2, 0) is 16.3 Å². The van der Waals surface area contributed by atoms with Crippen LogP contribution in [0.5, 0.6) is 0 Å². The topological polar surface area (TPSA) is 59.9 Å². The van der Waals surface area contributed by atoms with Gasteiger partial charge in [0.15, 0.2) is 10.8 Å². The highest BCUT2D eigenvalue weighted by molar-refractivity contribution is 7.92. The van der Waals surface area contributed by atoms with Crippen LogP contribution in [0.25, 0.3) is 0 Å². The van der Waals surface area contributed by atoms with E-state index in [1.54, 1.807) is 6.92 Å². The normalized spacial score (nSPS) is 13.6. The molecule has 0 aliphatic rings. The minimum absolute atomic E-state index is 0.108. The lowest BCUT2D eigenvalue weighted by Crippen LogP contribution is -2.22. The fourth-order valence-electron chi connectivity index (χ4n) is 1.33. The predicted molar refractivity (Wildman–Crippen MR) is 63.4 cm³/mol. The Morgan fingerprint density at radius 2 is 2.12 bits per heavy atom. The fourth-order valence-corrected chi connectivity index (χ4v) is 3.16. The summed E-state index contributed by atoms with van der Waals surface area (Å²) in [7, 11) is -3.77. The first-order valence-electron chi connectivity index (χ1n) is 5.24. The van der Waals surface area contributed by atoms with Gasteiger partial charge in [0.25, 0.3) is 0 Å². The van der Waals surface area contributed by atoms with Gasteiger partial charge in [0, 0.05) is 5.88 Å². The summed E-state index contributed by atoms with van der Waals surface area (Å²) in [4.78, 5) is 7.24. The Kier molecular flexibility index (Phi) is 4.82. The summed E-state index contributed by atoms with van der Waals surface area (Å²) in [6.07, 6.45) is 1.65. The number of aryl methyl sites for hydroxylation is 1. The highest BCUT2D eigenvalue weighted by Crippen LogP contribution is 2.20. The van der Waals surface area contributed by atoms with Gasteiger partial charge in [-0.25, -0.2) is 22.8 Å². The Labute approximate surface area is 105 Å². The molecule has 0 spiro atoms. The lowest BCUT2D eigenvalue weighted by Gasteiger charge is -2.11. The average molecular weight is 281 g/mol. The van der Waals surface area contributed by atoms with Gasteiger partial charge >= 0.3 is 0 Å². The first-order valence-corrected chi connectivity index (χ1v) is 7.32. The second kappa shape index (κ2) is 5.73. The quantitative estimate of drug-likeness (QED) is 0.611. The maximum atomic E-state index is 13.8. The van der Waals surface area contributed by atoms with Crippen LogP contribution in [0.4, 0.5) is 4.39 Å². The first-order chi connectivity index (χ1) is 7.95. The van der Waals surface area contributed by atoms with Gasteiger partial charge in [-0.3, -0.25) is 0 Å². The molecule has 17 heavy (non-hydrogen) atoms. The van der Waals surface area contributed by atoms with Crippen molar-refractivity contribution in [3.8, 4) is 0 Å². The molecule has 0 amide bonds. The Balaban J connectivity index is 3.24. The van der Waals surface area contributed by atoms with Crippen LogP contribution in [0.2, 0.25) is 0 Å². The number of alkyl halides is 1. The largest absolute Gasteiger partial charge is 0.238 e. The third-order valence-electron chi connectivity index (χ3n) is 2.48. The van der Waals surface area contributed by atoms with Gasteiger partial charge in [-0.15, -0.1) is 11.6 Å². The van der Waals surface area contributed by atoms with E-state index in [1.807, 2.05) is 0 Å². The van der Waals surface area contributed by atoms with Crippen LogP contribution < -0.4 is 0 Å². The number of rotatable bonds is 5. The van der Waals surface area contributed by atoms with E-state index in [2.05, 4.69) is 9.97 Å². The molecule has 1 rings (SSSR count). The third kappa shape index (κ3) is 2.93. The minimum atomic E-state index is -3.77. The van der Waals surface area contributed by atoms with Gasteiger partial charge in [-0.2, -0.15) is 0 Å². The van der Waals surface area contributed by atoms with Crippen molar-refractivity contribution in [1.29, 1.82) is 0 Å². The van der Waals surface area contributed by atoms with E-state index in [9.17, 15) is 12.8 Å². The summed E-state index contributed by atoms with van der Waals surface area (Å²) in [5.41, 5.74) is 0.108. The third-order valence-corrected chi connectivity index (χ3v) is 4.82. The summed E-state index contributed by atoms with van der Waals surface area (Å²) < 4.78 is 37.9. The van der Waals surface area contributed by atoms with Crippen molar-refractivity contribution in [3.63, 3.8) is 0 Å². The summed E-state index contributed by atoms with van der Waals surface area (Å²) in [5, 5.41) is -1.28. The molecule has 96 valence electrons. The van der Waals surface area contributed by atoms with E-state index >= 15 is 0 Å². The van der Waals surface area contributed by atoms with Crippen LogP contribution in [0.3, 0.4) is 0 Å². The van der Waals surface area contributed by atoms with Gasteiger partial charge in [-0.1, -0.05) is 6.92 Å². The Morgan fingerprint density at radius 3 is 2.65 bits per heavy atom. The Hall–Kier alpha value is -0.750.